The van der Waals surface area contributed by atoms with Crippen LogP contribution in [0.2, 0.25) is 0 Å². The summed E-state index contributed by atoms with van der Waals surface area (Å²) in [5, 5.41) is 0. The van der Waals surface area contributed by atoms with Crippen molar-refractivity contribution in [2.45, 2.75) is 6.92 Å². The lowest BCUT2D eigenvalue weighted by atomic mass is 10.3. The SMILES string of the molecule is CCN(c1cccc(F)c1)c1nc2c(N)cccc2o1. The first-order valence-electron chi connectivity index (χ1n) is 6.37. The van der Waals surface area contributed by atoms with Crippen molar-refractivity contribution in [3.05, 3.63) is 48.3 Å². The normalized spacial score (nSPS) is 10.9. The minimum atomic E-state index is -0.295. The van der Waals surface area contributed by atoms with Crippen molar-refractivity contribution in [1.82, 2.24) is 4.98 Å². The summed E-state index contributed by atoms with van der Waals surface area (Å²) in [7, 11) is 0. The molecular weight excluding hydrogens is 257 g/mol. The molecule has 102 valence electrons. The van der Waals surface area contributed by atoms with Crippen LogP contribution in [0.4, 0.5) is 21.8 Å². The van der Waals surface area contributed by atoms with Crippen LogP contribution in [0.1, 0.15) is 6.92 Å². The summed E-state index contributed by atoms with van der Waals surface area (Å²) in [6, 6.07) is 12.1. The Morgan fingerprint density at radius 3 is 2.75 bits per heavy atom. The van der Waals surface area contributed by atoms with Gasteiger partial charge in [0, 0.05) is 12.2 Å². The van der Waals surface area contributed by atoms with Crippen LogP contribution in [0.5, 0.6) is 0 Å². The van der Waals surface area contributed by atoms with Crippen molar-refractivity contribution in [2.75, 3.05) is 17.2 Å². The number of hydrogen-bond acceptors (Lipinski definition) is 4. The second kappa shape index (κ2) is 4.85. The number of rotatable bonds is 3. The smallest absolute Gasteiger partial charge is 0.303 e. The highest BCUT2D eigenvalue weighted by Gasteiger charge is 2.16. The van der Waals surface area contributed by atoms with Crippen molar-refractivity contribution in [3.63, 3.8) is 0 Å². The molecule has 0 amide bonds. The molecule has 0 fully saturated rings. The molecule has 20 heavy (non-hydrogen) atoms. The third-order valence-electron chi connectivity index (χ3n) is 3.11. The van der Waals surface area contributed by atoms with E-state index >= 15 is 0 Å². The van der Waals surface area contributed by atoms with Gasteiger partial charge in [0.1, 0.15) is 11.3 Å². The van der Waals surface area contributed by atoms with E-state index in [-0.39, 0.29) is 5.82 Å². The van der Waals surface area contributed by atoms with E-state index in [0.717, 1.165) is 0 Å². The zero-order chi connectivity index (χ0) is 14.1. The number of oxazole rings is 1. The quantitative estimate of drug-likeness (QED) is 0.738. The first-order chi connectivity index (χ1) is 9.69. The average Bonchev–Trinajstić information content (AvgIpc) is 2.85. The molecule has 0 aliphatic rings. The number of halogens is 1. The lowest BCUT2D eigenvalue weighted by molar-refractivity contribution is 0.593. The zero-order valence-electron chi connectivity index (χ0n) is 11.0. The number of hydrogen-bond donors (Lipinski definition) is 1. The van der Waals surface area contributed by atoms with E-state index in [4.69, 9.17) is 10.2 Å². The molecule has 0 spiro atoms. The van der Waals surface area contributed by atoms with E-state index in [2.05, 4.69) is 4.98 Å². The van der Waals surface area contributed by atoms with Gasteiger partial charge in [-0.05, 0) is 37.3 Å². The molecule has 0 saturated carbocycles. The van der Waals surface area contributed by atoms with Crippen LogP contribution >= 0.6 is 0 Å². The molecule has 0 saturated heterocycles. The van der Waals surface area contributed by atoms with E-state index in [1.54, 1.807) is 17.0 Å². The zero-order valence-corrected chi connectivity index (χ0v) is 11.0. The molecule has 0 bridgehead atoms. The number of benzene rings is 2. The highest BCUT2D eigenvalue weighted by Crippen LogP contribution is 2.30. The maximum absolute atomic E-state index is 13.4. The summed E-state index contributed by atoms with van der Waals surface area (Å²) in [6.45, 7) is 2.55. The van der Waals surface area contributed by atoms with Crippen molar-refractivity contribution in [3.8, 4) is 0 Å². The number of anilines is 3. The first kappa shape index (κ1) is 12.5. The van der Waals surface area contributed by atoms with E-state index in [1.807, 2.05) is 25.1 Å². The molecular formula is C15H14FN3O. The molecule has 0 aliphatic carbocycles. The fourth-order valence-corrected chi connectivity index (χ4v) is 2.15. The molecule has 0 radical (unpaired) electrons. The van der Waals surface area contributed by atoms with Crippen LogP contribution in [0.25, 0.3) is 11.1 Å². The molecule has 3 aromatic rings. The average molecular weight is 271 g/mol. The lowest BCUT2D eigenvalue weighted by Crippen LogP contribution is -2.16. The van der Waals surface area contributed by atoms with Gasteiger partial charge in [-0.1, -0.05) is 12.1 Å². The number of nitrogen functional groups attached to an aromatic ring is 1. The van der Waals surface area contributed by atoms with Crippen molar-refractivity contribution in [2.24, 2.45) is 0 Å². The Hall–Kier alpha value is -2.56. The predicted octanol–water partition coefficient (Wildman–Crippen LogP) is 3.71. The molecule has 3 rings (SSSR count). The van der Waals surface area contributed by atoms with Crippen molar-refractivity contribution < 1.29 is 8.81 Å². The summed E-state index contributed by atoms with van der Waals surface area (Å²) in [6.07, 6.45) is 0. The number of nitrogens with zero attached hydrogens (tertiary/aromatic N) is 2. The Balaban J connectivity index is 2.09. The van der Waals surface area contributed by atoms with Crippen LogP contribution < -0.4 is 10.6 Å². The third-order valence-corrected chi connectivity index (χ3v) is 3.11. The maximum atomic E-state index is 13.4. The highest BCUT2D eigenvalue weighted by molar-refractivity contribution is 5.86. The van der Waals surface area contributed by atoms with Gasteiger partial charge in [0.2, 0.25) is 0 Å². The summed E-state index contributed by atoms with van der Waals surface area (Å²) in [4.78, 5) is 6.20. The Morgan fingerprint density at radius 1 is 1.25 bits per heavy atom. The fourth-order valence-electron chi connectivity index (χ4n) is 2.15. The van der Waals surface area contributed by atoms with E-state index in [0.29, 0.717) is 35.0 Å². The fraction of sp³-hybridized carbons (Fsp3) is 0.133. The molecule has 5 heteroatoms. The number of para-hydroxylation sites is 1. The molecule has 4 nitrogen and oxygen atoms in total. The van der Waals surface area contributed by atoms with E-state index < -0.39 is 0 Å². The summed E-state index contributed by atoms with van der Waals surface area (Å²) in [5.74, 6) is -0.295. The number of aromatic nitrogens is 1. The number of nitrogens with two attached hydrogens (primary N) is 1. The Kier molecular flexibility index (Phi) is 3.02. The van der Waals surface area contributed by atoms with Gasteiger partial charge < -0.3 is 10.2 Å². The number of fused-ring (bicyclic) bond motifs is 1. The van der Waals surface area contributed by atoms with Crippen molar-refractivity contribution >= 4 is 28.5 Å². The van der Waals surface area contributed by atoms with E-state index in [1.165, 1.54) is 12.1 Å². The molecule has 0 atom stereocenters. The van der Waals surface area contributed by atoms with Gasteiger partial charge in [-0.15, -0.1) is 0 Å². The lowest BCUT2D eigenvalue weighted by Gasteiger charge is -2.18. The van der Waals surface area contributed by atoms with Gasteiger partial charge in [0.15, 0.2) is 5.58 Å². The van der Waals surface area contributed by atoms with Crippen molar-refractivity contribution in [1.29, 1.82) is 0 Å². The van der Waals surface area contributed by atoms with Gasteiger partial charge >= 0.3 is 6.01 Å². The summed E-state index contributed by atoms with van der Waals surface area (Å²) in [5.41, 5.74) is 8.37. The summed E-state index contributed by atoms with van der Waals surface area (Å²) >= 11 is 0. The van der Waals surface area contributed by atoms with Gasteiger partial charge in [-0.2, -0.15) is 4.98 Å². The van der Waals surface area contributed by atoms with Crippen LogP contribution in [-0.2, 0) is 0 Å². The molecule has 0 aliphatic heterocycles. The van der Waals surface area contributed by atoms with Gasteiger partial charge in [0.05, 0.1) is 5.69 Å². The van der Waals surface area contributed by atoms with Crippen LogP contribution in [0, 0.1) is 5.82 Å². The Morgan fingerprint density at radius 2 is 2.05 bits per heavy atom. The minimum Gasteiger partial charge on any atom is -0.423 e. The second-order valence-electron chi connectivity index (χ2n) is 4.41. The Bertz CT molecular complexity index is 754. The molecule has 2 N–H and O–H groups in total. The molecule has 2 aromatic carbocycles. The van der Waals surface area contributed by atoms with E-state index in [9.17, 15) is 4.39 Å². The monoisotopic (exact) mass is 271 g/mol. The standard InChI is InChI=1S/C15H14FN3O/c1-2-19(11-6-3-5-10(16)9-11)15-18-14-12(17)7-4-8-13(14)20-15/h3-9H,2,17H2,1H3. The van der Waals surface area contributed by atoms with Gasteiger partial charge in [-0.25, -0.2) is 4.39 Å². The maximum Gasteiger partial charge on any atom is 0.303 e. The van der Waals surface area contributed by atoms with Gasteiger partial charge in [-0.3, -0.25) is 4.90 Å². The minimum absolute atomic E-state index is 0.295. The highest BCUT2D eigenvalue weighted by atomic mass is 19.1. The molecule has 1 aromatic heterocycles. The largest absolute Gasteiger partial charge is 0.423 e. The summed E-state index contributed by atoms with van der Waals surface area (Å²) < 4.78 is 19.1. The third kappa shape index (κ3) is 2.07. The Labute approximate surface area is 115 Å². The van der Waals surface area contributed by atoms with Crippen LogP contribution in [0.3, 0.4) is 0 Å². The first-order valence-corrected chi connectivity index (χ1v) is 6.37. The topological polar surface area (TPSA) is 55.3 Å². The van der Waals surface area contributed by atoms with Crippen LogP contribution in [-0.4, -0.2) is 11.5 Å². The second-order valence-corrected chi connectivity index (χ2v) is 4.41. The molecule has 0 unspecified atom stereocenters. The predicted molar refractivity (Wildman–Crippen MR) is 77.5 cm³/mol. The van der Waals surface area contributed by atoms with Crippen LogP contribution in [0.15, 0.2) is 46.9 Å². The van der Waals surface area contributed by atoms with Gasteiger partial charge in [0.25, 0.3) is 0 Å². The molecule has 1 heterocycles.